The molecule has 0 aliphatic rings. The summed E-state index contributed by atoms with van der Waals surface area (Å²) >= 11 is 0. The normalized spacial score (nSPS) is 15.1. The average molecular weight is 222 g/mol. The van der Waals surface area contributed by atoms with E-state index in [1.54, 1.807) is 30.5 Å². The largest absolute Gasteiger partial charge is 0.383 e. The minimum Gasteiger partial charge on any atom is -0.383 e. The Morgan fingerprint density at radius 2 is 2.13 bits per heavy atom. The van der Waals surface area contributed by atoms with Gasteiger partial charge in [0.25, 0.3) is 0 Å². The van der Waals surface area contributed by atoms with Gasteiger partial charge in [0.2, 0.25) is 7.37 Å². The molecule has 0 bridgehead atoms. The van der Waals surface area contributed by atoms with Crippen molar-refractivity contribution in [1.29, 1.82) is 0 Å². The highest BCUT2D eigenvalue weighted by molar-refractivity contribution is 7.65. The van der Waals surface area contributed by atoms with Gasteiger partial charge >= 0.3 is 0 Å². The Hall–Kier alpha value is -1.38. The van der Waals surface area contributed by atoms with Gasteiger partial charge in [0, 0.05) is 23.6 Å². The Kier molecular flexibility index (Phi) is 2.25. The van der Waals surface area contributed by atoms with Crippen LogP contribution in [0.1, 0.15) is 0 Å². The van der Waals surface area contributed by atoms with E-state index in [1.165, 1.54) is 6.66 Å². The van der Waals surface area contributed by atoms with E-state index in [0.717, 1.165) is 10.8 Å². The third-order valence-electron chi connectivity index (χ3n) is 2.26. The lowest BCUT2D eigenvalue weighted by Gasteiger charge is -2.07. The molecule has 1 aromatic heterocycles. The molecule has 3 N–H and O–H groups in total. The monoisotopic (exact) mass is 222 g/mol. The molecule has 1 atom stereocenters. The number of fused-ring (bicyclic) bond motifs is 1. The van der Waals surface area contributed by atoms with E-state index in [4.69, 9.17) is 5.73 Å². The standard InChI is InChI=1S/C10H11N2O2P/c1-15(13,14)8-2-3-9-7(6-8)4-5-12-10(9)11/h2-6H,1H3,(H2,11,12)(H,13,14). The number of aromatic nitrogens is 1. The Bertz CT molecular complexity index is 562. The molecule has 0 saturated heterocycles. The summed E-state index contributed by atoms with van der Waals surface area (Å²) in [7, 11) is -3.20. The first-order valence-electron chi connectivity index (χ1n) is 4.43. The molecule has 1 heterocycles. The number of pyridine rings is 1. The summed E-state index contributed by atoms with van der Waals surface area (Å²) in [5.74, 6) is 0.433. The topological polar surface area (TPSA) is 76.2 Å². The smallest absolute Gasteiger partial charge is 0.226 e. The first-order chi connectivity index (χ1) is 6.98. The van der Waals surface area contributed by atoms with E-state index in [2.05, 4.69) is 4.98 Å². The molecule has 0 spiro atoms. The Morgan fingerprint density at radius 1 is 1.40 bits per heavy atom. The molecule has 2 rings (SSSR count). The predicted molar refractivity (Wildman–Crippen MR) is 61.5 cm³/mol. The SMILES string of the molecule is CP(=O)(O)c1ccc2c(N)nccc2c1. The zero-order valence-electron chi connectivity index (χ0n) is 8.21. The van der Waals surface area contributed by atoms with Crippen molar-refractivity contribution in [3.8, 4) is 0 Å². The lowest BCUT2D eigenvalue weighted by Crippen LogP contribution is -2.03. The highest BCUT2D eigenvalue weighted by atomic mass is 31.2. The highest BCUT2D eigenvalue weighted by Gasteiger charge is 2.14. The maximum Gasteiger partial charge on any atom is 0.226 e. The number of hydrogen-bond donors (Lipinski definition) is 2. The van der Waals surface area contributed by atoms with Gasteiger partial charge in [-0.05, 0) is 29.7 Å². The number of rotatable bonds is 1. The van der Waals surface area contributed by atoms with Crippen LogP contribution in [0.5, 0.6) is 0 Å². The molecule has 0 fully saturated rings. The second-order valence-electron chi connectivity index (χ2n) is 3.48. The maximum absolute atomic E-state index is 11.5. The van der Waals surface area contributed by atoms with E-state index >= 15 is 0 Å². The van der Waals surface area contributed by atoms with Crippen LogP contribution in [0.4, 0.5) is 5.82 Å². The predicted octanol–water partition coefficient (Wildman–Crippen LogP) is 1.34. The van der Waals surface area contributed by atoms with Crippen molar-refractivity contribution in [2.75, 3.05) is 12.4 Å². The van der Waals surface area contributed by atoms with Crippen molar-refractivity contribution in [3.63, 3.8) is 0 Å². The van der Waals surface area contributed by atoms with Crippen LogP contribution in [0.25, 0.3) is 10.8 Å². The lowest BCUT2D eigenvalue weighted by molar-refractivity contribution is 0.496. The number of hydrogen-bond acceptors (Lipinski definition) is 3. The van der Waals surface area contributed by atoms with Crippen molar-refractivity contribution in [2.24, 2.45) is 0 Å². The minimum atomic E-state index is -3.20. The quantitative estimate of drug-likeness (QED) is 0.714. The third-order valence-corrected chi connectivity index (χ3v) is 3.49. The van der Waals surface area contributed by atoms with Gasteiger partial charge in [0.05, 0.1) is 0 Å². The van der Waals surface area contributed by atoms with Gasteiger partial charge in [0.1, 0.15) is 5.82 Å². The van der Waals surface area contributed by atoms with Gasteiger partial charge in [-0.25, -0.2) is 4.98 Å². The maximum atomic E-state index is 11.5. The second kappa shape index (κ2) is 3.33. The van der Waals surface area contributed by atoms with Crippen LogP contribution in [0.3, 0.4) is 0 Å². The molecule has 2 aromatic rings. The first kappa shape index (κ1) is 10.1. The van der Waals surface area contributed by atoms with Crippen LogP contribution in [-0.2, 0) is 4.57 Å². The lowest BCUT2D eigenvalue weighted by atomic mass is 10.2. The summed E-state index contributed by atoms with van der Waals surface area (Å²) in [6, 6.07) is 6.78. The third kappa shape index (κ3) is 1.87. The molecular weight excluding hydrogens is 211 g/mol. The van der Waals surface area contributed by atoms with E-state index in [9.17, 15) is 9.46 Å². The number of anilines is 1. The van der Waals surface area contributed by atoms with Crippen LogP contribution in [0.15, 0.2) is 30.5 Å². The number of nitrogens with two attached hydrogens (primary N) is 1. The molecule has 78 valence electrons. The summed E-state index contributed by atoms with van der Waals surface area (Å²) in [4.78, 5) is 13.4. The van der Waals surface area contributed by atoms with Gasteiger partial charge in [-0.15, -0.1) is 0 Å². The van der Waals surface area contributed by atoms with Crippen molar-refractivity contribution >= 4 is 29.3 Å². The Balaban J connectivity index is 2.73. The second-order valence-corrected chi connectivity index (χ2v) is 5.76. The Labute approximate surface area is 87.2 Å². The van der Waals surface area contributed by atoms with E-state index in [0.29, 0.717) is 11.1 Å². The van der Waals surface area contributed by atoms with Crippen molar-refractivity contribution in [1.82, 2.24) is 4.98 Å². The number of nitrogens with zero attached hydrogens (tertiary/aromatic N) is 1. The van der Waals surface area contributed by atoms with Gasteiger partial charge in [-0.3, -0.25) is 4.57 Å². The van der Waals surface area contributed by atoms with Crippen LogP contribution >= 0.6 is 7.37 Å². The van der Waals surface area contributed by atoms with Gasteiger partial charge in [-0.1, -0.05) is 0 Å². The highest BCUT2D eigenvalue weighted by Crippen LogP contribution is 2.35. The van der Waals surface area contributed by atoms with E-state index < -0.39 is 7.37 Å². The number of benzene rings is 1. The van der Waals surface area contributed by atoms with Crippen LogP contribution in [0.2, 0.25) is 0 Å². The van der Waals surface area contributed by atoms with Crippen molar-refractivity contribution < 1.29 is 9.46 Å². The van der Waals surface area contributed by atoms with Crippen molar-refractivity contribution in [3.05, 3.63) is 30.5 Å². The summed E-state index contributed by atoms with van der Waals surface area (Å²) in [5, 5.41) is 2.06. The fourth-order valence-electron chi connectivity index (χ4n) is 1.45. The molecule has 0 amide bonds. The molecule has 0 aliphatic carbocycles. The van der Waals surface area contributed by atoms with E-state index in [-0.39, 0.29) is 0 Å². The fourth-order valence-corrected chi connectivity index (χ4v) is 2.18. The molecule has 0 radical (unpaired) electrons. The summed E-state index contributed by atoms with van der Waals surface area (Å²) in [5.41, 5.74) is 5.67. The molecule has 1 aromatic carbocycles. The van der Waals surface area contributed by atoms with Crippen molar-refractivity contribution in [2.45, 2.75) is 0 Å². The molecule has 0 saturated carbocycles. The van der Waals surface area contributed by atoms with Crippen LogP contribution < -0.4 is 11.0 Å². The molecule has 0 aliphatic heterocycles. The first-order valence-corrected chi connectivity index (χ1v) is 6.54. The molecular formula is C10H11N2O2P. The molecule has 4 nitrogen and oxygen atoms in total. The number of nitrogen functional groups attached to an aromatic ring is 1. The van der Waals surface area contributed by atoms with Gasteiger partial charge < -0.3 is 10.6 Å². The van der Waals surface area contributed by atoms with Gasteiger partial charge in [-0.2, -0.15) is 0 Å². The van der Waals surface area contributed by atoms with E-state index in [1.807, 2.05) is 0 Å². The molecule has 1 unspecified atom stereocenters. The molecule has 5 heteroatoms. The fraction of sp³-hybridized carbons (Fsp3) is 0.100. The zero-order chi connectivity index (χ0) is 11.1. The molecule has 15 heavy (non-hydrogen) atoms. The zero-order valence-corrected chi connectivity index (χ0v) is 9.11. The summed E-state index contributed by atoms with van der Waals surface area (Å²) in [6.45, 7) is 1.32. The van der Waals surface area contributed by atoms with Gasteiger partial charge in [0.15, 0.2) is 0 Å². The average Bonchev–Trinajstić information content (AvgIpc) is 2.16. The Morgan fingerprint density at radius 3 is 2.80 bits per heavy atom. The summed E-state index contributed by atoms with van der Waals surface area (Å²) < 4.78 is 11.5. The van der Waals surface area contributed by atoms with Crippen LogP contribution in [-0.4, -0.2) is 16.5 Å². The minimum absolute atomic E-state index is 0.431. The van der Waals surface area contributed by atoms with Crippen LogP contribution in [0, 0.1) is 0 Å². The summed E-state index contributed by atoms with van der Waals surface area (Å²) in [6.07, 6.45) is 1.58.